The fraction of sp³-hybridized carbons (Fsp3) is 0.125. The minimum Gasteiger partial charge on any atom is -0.381 e. The van der Waals surface area contributed by atoms with Crippen LogP contribution >= 0.6 is 11.8 Å². The first-order valence-corrected chi connectivity index (χ1v) is 5.01. The van der Waals surface area contributed by atoms with Crippen LogP contribution in [0.3, 0.4) is 0 Å². The number of anilines is 1. The highest BCUT2D eigenvalue weighted by Gasteiger charge is 2.02. The summed E-state index contributed by atoms with van der Waals surface area (Å²) in [6.07, 6.45) is 6.64. The van der Waals surface area contributed by atoms with Crippen LogP contribution in [0.5, 0.6) is 0 Å². The van der Waals surface area contributed by atoms with Gasteiger partial charge in [-0.3, -0.25) is 0 Å². The zero-order valence-electron chi connectivity index (χ0n) is 7.34. The summed E-state index contributed by atoms with van der Waals surface area (Å²) < 4.78 is 0. The minimum atomic E-state index is 0.469. The van der Waals surface area contributed by atoms with Gasteiger partial charge in [-0.2, -0.15) is 0 Å². The highest BCUT2D eigenvalue weighted by Crippen LogP contribution is 2.22. The molecule has 2 rings (SSSR count). The van der Waals surface area contributed by atoms with Crippen LogP contribution in [0.2, 0.25) is 0 Å². The van der Waals surface area contributed by atoms with Gasteiger partial charge >= 0.3 is 0 Å². The lowest BCUT2D eigenvalue weighted by Crippen LogP contribution is -1.94. The Morgan fingerprint density at radius 2 is 2.21 bits per heavy atom. The maximum absolute atomic E-state index is 5.64. The number of nitrogens with one attached hydrogen (secondary N) is 1. The third kappa shape index (κ3) is 2.02. The molecule has 0 aliphatic rings. The van der Waals surface area contributed by atoms with Gasteiger partial charge in [0.15, 0.2) is 5.82 Å². The van der Waals surface area contributed by atoms with E-state index in [9.17, 15) is 0 Å². The molecule has 0 aliphatic heterocycles. The number of thioether (sulfide) groups is 1. The molecule has 0 spiro atoms. The number of aromatic nitrogens is 4. The second-order valence-electron chi connectivity index (χ2n) is 2.61. The van der Waals surface area contributed by atoms with Gasteiger partial charge in [-0.05, 0) is 0 Å². The zero-order valence-corrected chi connectivity index (χ0v) is 8.16. The van der Waals surface area contributed by atoms with Gasteiger partial charge in [-0.15, -0.1) is 0 Å². The molecule has 2 heterocycles. The molecule has 6 heteroatoms. The molecule has 0 radical (unpaired) electrons. The van der Waals surface area contributed by atoms with E-state index in [1.54, 1.807) is 24.9 Å². The van der Waals surface area contributed by atoms with Crippen LogP contribution in [-0.4, -0.2) is 19.9 Å². The van der Waals surface area contributed by atoms with Crippen LogP contribution in [0, 0.1) is 0 Å². The van der Waals surface area contributed by atoms with Crippen LogP contribution in [0.15, 0.2) is 29.9 Å². The summed E-state index contributed by atoms with van der Waals surface area (Å²) in [4.78, 5) is 15.0. The van der Waals surface area contributed by atoms with Crippen molar-refractivity contribution in [2.24, 2.45) is 0 Å². The first-order valence-electron chi connectivity index (χ1n) is 4.03. The molecule has 0 unspecified atom stereocenters. The SMILES string of the molecule is Nc1nccnc1SCc1cnc[nH]1. The van der Waals surface area contributed by atoms with Gasteiger partial charge in [-0.25, -0.2) is 15.0 Å². The third-order valence-corrected chi connectivity index (χ3v) is 2.65. The maximum Gasteiger partial charge on any atom is 0.156 e. The van der Waals surface area contributed by atoms with Crippen LogP contribution in [0.1, 0.15) is 5.69 Å². The molecule has 0 fully saturated rings. The Hall–Kier alpha value is -1.56. The second-order valence-corrected chi connectivity index (χ2v) is 3.58. The van der Waals surface area contributed by atoms with Crippen LogP contribution in [0.25, 0.3) is 0 Å². The number of aromatic amines is 1. The maximum atomic E-state index is 5.64. The van der Waals surface area contributed by atoms with Crippen LogP contribution in [-0.2, 0) is 5.75 Å². The van der Waals surface area contributed by atoms with Crippen molar-refractivity contribution in [3.05, 3.63) is 30.6 Å². The molecular weight excluding hydrogens is 198 g/mol. The van der Waals surface area contributed by atoms with Crippen LogP contribution in [0.4, 0.5) is 5.82 Å². The lowest BCUT2D eigenvalue weighted by molar-refractivity contribution is 1.07. The number of nitrogen functional groups attached to an aromatic ring is 1. The number of hydrogen-bond acceptors (Lipinski definition) is 5. The van der Waals surface area contributed by atoms with Crippen LogP contribution < -0.4 is 5.73 Å². The molecule has 5 nitrogen and oxygen atoms in total. The van der Waals surface area contributed by atoms with E-state index < -0.39 is 0 Å². The van der Waals surface area contributed by atoms with E-state index in [1.165, 1.54) is 11.8 Å². The fourth-order valence-electron chi connectivity index (χ4n) is 0.957. The Morgan fingerprint density at radius 3 is 2.93 bits per heavy atom. The largest absolute Gasteiger partial charge is 0.381 e. The summed E-state index contributed by atoms with van der Waals surface area (Å²) in [7, 11) is 0. The zero-order chi connectivity index (χ0) is 9.80. The molecule has 3 N–H and O–H groups in total. The first kappa shape index (κ1) is 9.01. The molecule has 0 aliphatic carbocycles. The molecule has 2 aromatic heterocycles. The second kappa shape index (κ2) is 4.10. The number of rotatable bonds is 3. The normalized spacial score (nSPS) is 10.3. The predicted octanol–water partition coefficient (Wildman–Crippen LogP) is 1.07. The van der Waals surface area contributed by atoms with E-state index in [0.29, 0.717) is 5.82 Å². The molecule has 0 saturated heterocycles. The summed E-state index contributed by atoms with van der Waals surface area (Å²) in [5, 5.41) is 0.752. The molecule has 0 saturated carbocycles. The highest BCUT2D eigenvalue weighted by molar-refractivity contribution is 7.98. The monoisotopic (exact) mass is 207 g/mol. The summed E-state index contributed by atoms with van der Waals surface area (Å²) in [5.74, 6) is 1.24. The third-order valence-electron chi connectivity index (χ3n) is 1.61. The number of nitrogens with two attached hydrogens (primary N) is 1. The molecule has 0 aromatic carbocycles. The lowest BCUT2D eigenvalue weighted by atomic mass is 10.6. The summed E-state index contributed by atoms with van der Waals surface area (Å²) in [6.45, 7) is 0. The number of H-pyrrole nitrogens is 1. The van der Waals surface area contributed by atoms with Gasteiger partial charge in [0, 0.05) is 30.0 Å². The molecule has 0 bridgehead atoms. The summed E-state index contributed by atoms with van der Waals surface area (Å²) >= 11 is 1.53. The number of hydrogen-bond donors (Lipinski definition) is 2. The smallest absolute Gasteiger partial charge is 0.156 e. The molecule has 72 valence electrons. The Kier molecular flexibility index (Phi) is 2.64. The van der Waals surface area contributed by atoms with E-state index in [-0.39, 0.29) is 0 Å². The molecule has 2 aromatic rings. The molecular formula is C8H9N5S. The van der Waals surface area contributed by atoms with E-state index in [4.69, 9.17) is 5.73 Å². The van der Waals surface area contributed by atoms with Crippen molar-refractivity contribution in [2.45, 2.75) is 10.8 Å². The highest BCUT2D eigenvalue weighted by atomic mass is 32.2. The number of imidazole rings is 1. The van der Waals surface area contributed by atoms with Crippen molar-refractivity contribution in [1.29, 1.82) is 0 Å². The quantitative estimate of drug-likeness (QED) is 0.736. The van der Waals surface area contributed by atoms with Gasteiger partial charge in [-0.1, -0.05) is 11.8 Å². The van der Waals surface area contributed by atoms with Crippen molar-refractivity contribution in [3.63, 3.8) is 0 Å². The van der Waals surface area contributed by atoms with E-state index in [0.717, 1.165) is 16.5 Å². The van der Waals surface area contributed by atoms with Gasteiger partial charge < -0.3 is 10.7 Å². The summed E-state index contributed by atoms with van der Waals surface area (Å²) in [6, 6.07) is 0. The average molecular weight is 207 g/mol. The molecule has 0 atom stereocenters. The van der Waals surface area contributed by atoms with Crippen molar-refractivity contribution in [1.82, 2.24) is 19.9 Å². The predicted molar refractivity (Wildman–Crippen MR) is 54.6 cm³/mol. The Labute approximate surface area is 85.2 Å². The van der Waals surface area contributed by atoms with Gasteiger partial charge in [0.2, 0.25) is 0 Å². The van der Waals surface area contributed by atoms with Crippen molar-refractivity contribution < 1.29 is 0 Å². The van der Waals surface area contributed by atoms with Crippen molar-refractivity contribution >= 4 is 17.6 Å². The minimum absolute atomic E-state index is 0.469. The standard InChI is InChI=1S/C8H9N5S/c9-7-8(12-2-1-11-7)14-4-6-3-10-5-13-6/h1-3,5H,4H2,(H2,9,11)(H,10,13). The Bertz CT molecular complexity index is 400. The Morgan fingerprint density at radius 1 is 1.36 bits per heavy atom. The molecule has 0 amide bonds. The summed E-state index contributed by atoms with van der Waals surface area (Å²) in [5.41, 5.74) is 6.68. The Balaban J connectivity index is 2.02. The average Bonchev–Trinajstić information content (AvgIpc) is 2.69. The van der Waals surface area contributed by atoms with E-state index in [2.05, 4.69) is 19.9 Å². The van der Waals surface area contributed by atoms with Gasteiger partial charge in [0.05, 0.1) is 6.33 Å². The number of nitrogens with zero attached hydrogens (tertiary/aromatic N) is 3. The lowest BCUT2D eigenvalue weighted by Gasteiger charge is -2.00. The first-order chi connectivity index (χ1) is 6.86. The van der Waals surface area contributed by atoms with Crippen molar-refractivity contribution in [3.8, 4) is 0 Å². The molecule has 14 heavy (non-hydrogen) atoms. The van der Waals surface area contributed by atoms with E-state index >= 15 is 0 Å². The topological polar surface area (TPSA) is 80.5 Å². The van der Waals surface area contributed by atoms with Gasteiger partial charge in [0.1, 0.15) is 5.03 Å². The van der Waals surface area contributed by atoms with Gasteiger partial charge in [0.25, 0.3) is 0 Å². The van der Waals surface area contributed by atoms with E-state index in [1.807, 2.05) is 0 Å². The van der Waals surface area contributed by atoms with Crippen molar-refractivity contribution in [2.75, 3.05) is 5.73 Å². The fourth-order valence-corrected chi connectivity index (χ4v) is 1.74.